The van der Waals surface area contributed by atoms with Gasteiger partial charge in [0.2, 0.25) is 0 Å². The minimum absolute atomic E-state index is 0.0402. The number of nitro groups is 1. The molecule has 1 aliphatic rings. The van der Waals surface area contributed by atoms with Gasteiger partial charge in [0.15, 0.2) is 5.69 Å². The Kier molecular flexibility index (Phi) is 4.02. The smallest absolute Gasteiger partial charge is 0.276 e. The summed E-state index contributed by atoms with van der Waals surface area (Å²) in [6.07, 6.45) is 1.50. The van der Waals surface area contributed by atoms with Crippen LogP contribution in [0.2, 0.25) is 0 Å². The summed E-state index contributed by atoms with van der Waals surface area (Å²) in [6.45, 7) is 4.07. The summed E-state index contributed by atoms with van der Waals surface area (Å²) in [5.74, 6) is -0.185. The first-order valence-electron chi connectivity index (χ1n) is 7.25. The van der Waals surface area contributed by atoms with Crippen molar-refractivity contribution in [3.63, 3.8) is 0 Å². The summed E-state index contributed by atoms with van der Waals surface area (Å²) < 4.78 is 1.37. The number of carbonyl (C=O) groups excluding carboxylic acids is 1. The number of nitro benzene ring substituents is 1. The molecule has 0 bridgehead atoms. The quantitative estimate of drug-likeness (QED) is 0.657. The van der Waals surface area contributed by atoms with Gasteiger partial charge in [-0.3, -0.25) is 14.9 Å². The molecule has 1 fully saturated rings. The zero-order valence-electron chi connectivity index (χ0n) is 12.5. The van der Waals surface area contributed by atoms with Gasteiger partial charge in [0.25, 0.3) is 11.6 Å². The molecule has 120 valence electrons. The van der Waals surface area contributed by atoms with E-state index in [1.807, 2.05) is 6.92 Å². The molecular weight excluding hydrogens is 300 g/mol. The summed E-state index contributed by atoms with van der Waals surface area (Å²) in [5.41, 5.74) is 0.672. The molecule has 1 saturated heterocycles. The van der Waals surface area contributed by atoms with E-state index in [1.54, 1.807) is 17.0 Å². The van der Waals surface area contributed by atoms with E-state index < -0.39 is 4.92 Å². The van der Waals surface area contributed by atoms with Crippen molar-refractivity contribution in [2.24, 2.45) is 0 Å². The molecule has 3 rings (SSSR count). The average Bonchev–Trinajstić information content (AvgIpc) is 3.05. The van der Waals surface area contributed by atoms with E-state index in [0.29, 0.717) is 12.2 Å². The SMILES string of the molecule is C[C@H]1CNCCN1C(=O)c1cn(-c2cccc([N+](=O)[O-])c2)nn1. The number of nitrogens with one attached hydrogen (secondary N) is 1. The highest BCUT2D eigenvalue weighted by molar-refractivity contribution is 5.92. The van der Waals surface area contributed by atoms with Gasteiger partial charge in [-0.1, -0.05) is 11.3 Å². The molecule has 0 saturated carbocycles. The Morgan fingerprint density at radius 2 is 2.30 bits per heavy atom. The van der Waals surface area contributed by atoms with Crippen molar-refractivity contribution in [3.8, 4) is 5.69 Å². The Bertz CT molecular complexity index is 744. The number of hydrogen-bond acceptors (Lipinski definition) is 6. The third-order valence-corrected chi connectivity index (χ3v) is 3.78. The first-order chi connectivity index (χ1) is 11.1. The highest BCUT2D eigenvalue weighted by Crippen LogP contribution is 2.16. The second kappa shape index (κ2) is 6.13. The molecule has 1 atom stereocenters. The molecule has 1 amide bonds. The monoisotopic (exact) mass is 316 g/mol. The van der Waals surface area contributed by atoms with E-state index in [-0.39, 0.29) is 23.3 Å². The molecule has 2 heterocycles. The first kappa shape index (κ1) is 15.1. The van der Waals surface area contributed by atoms with Crippen LogP contribution in [0.1, 0.15) is 17.4 Å². The van der Waals surface area contributed by atoms with Crippen LogP contribution in [0.4, 0.5) is 5.69 Å². The van der Waals surface area contributed by atoms with Crippen LogP contribution < -0.4 is 5.32 Å². The van der Waals surface area contributed by atoms with Crippen LogP contribution in [0.3, 0.4) is 0 Å². The molecule has 1 aromatic heterocycles. The fourth-order valence-electron chi connectivity index (χ4n) is 2.53. The maximum Gasteiger partial charge on any atom is 0.276 e. The number of nitrogens with zero attached hydrogens (tertiary/aromatic N) is 5. The Morgan fingerprint density at radius 1 is 1.48 bits per heavy atom. The molecule has 1 aliphatic heterocycles. The first-order valence-corrected chi connectivity index (χ1v) is 7.25. The molecule has 0 aliphatic carbocycles. The second-order valence-corrected chi connectivity index (χ2v) is 5.38. The van der Waals surface area contributed by atoms with Crippen molar-refractivity contribution in [2.45, 2.75) is 13.0 Å². The van der Waals surface area contributed by atoms with E-state index in [4.69, 9.17) is 0 Å². The van der Waals surface area contributed by atoms with Crippen LogP contribution in [0.5, 0.6) is 0 Å². The second-order valence-electron chi connectivity index (χ2n) is 5.38. The fraction of sp³-hybridized carbons (Fsp3) is 0.357. The van der Waals surface area contributed by atoms with Gasteiger partial charge in [-0.05, 0) is 13.0 Å². The van der Waals surface area contributed by atoms with Crippen LogP contribution in [0.25, 0.3) is 5.69 Å². The van der Waals surface area contributed by atoms with Gasteiger partial charge in [-0.25, -0.2) is 4.68 Å². The summed E-state index contributed by atoms with van der Waals surface area (Å²) in [5, 5.41) is 21.9. The van der Waals surface area contributed by atoms with Crippen molar-refractivity contribution in [3.05, 3.63) is 46.3 Å². The van der Waals surface area contributed by atoms with Crippen molar-refractivity contribution in [1.29, 1.82) is 0 Å². The van der Waals surface area contributed by atoms with Crippen LogP contribution >= 0.6 is 0 Å². The Labute approximate surface area is 132 Å². The fourth-order valence-corrected chi connectivity index (χ4v) is 2.53. The predicted molar refractivity (Wildman–Crippen MR) is 81.4 cm³/mol. The standard InChI is InChI=1S/C14H16N6O3/c1-10-8-15-5-6-18(10)14(21)13-9-19(17-16-13)11-3-2-4-12(7-11)20(22)23/h2-4,7,9-10,15H,5-6,8H2,1H3/t10-/m0/s1. The van der Waals surface area contributed by atoms with Gasteiger partial charge in [-0.2, -0.15) is 0 Å². The minimum atomic E-state index is -0.477. The lowest BCUT2D eigenvalue weighted by Gasteiger charge is -2.33. The summed E-state index contributed by atoms with van der Waals surface area (Å²) in [4.78, 5) is 24.6. The lowest BCUT2D eigenvalue weighted by molar-refractivity contribution is -0.384. The number of benzene rings is 1. The van der Waals surface area contributed by atoms with Crippen molar-refractivity contribution >= 4 is 11.6 Å². The van der Waals surface area contributed by atoms with Crippen molar-refractivity contribution in [2.75, 3.05) is 19.6 Å². The molecule has 2 aromatic rings. The summed E-state index contributed by atoms with van der Waals surface area (Å²) in [7, 11) is 0. The predicted octanol–water partition coefficient (Wildman–Crippen LogP) is 0.609. The summed E-state index contributed by atoms with van der Waals surface area (Å²) >= 11 is 0. The van der Waals surface area contributed by atoms with E-state index >= 15 is 0 Å². The number of rotatable bonds is 3. The highest BCUT2D eigenvalue weighted by Gasteiger charge is 2.26. The molecule has 9 heteroatoms. The third kappa shape index (κ3) is 3.04. The summed E-state index contributed by atoms with van der Waals surface area (Å²) in [6, 6.07) is 6.10. The van der Waals surface area contributed by atoms with E-state index in [2.05, 4.69) is 15.6 Å². The zero-order chi connectivity index (χ0) is 16.4. The Hall–Kier alpha value is -2.81. The largest absolute Gasteiger partial charge is 0.332 e. The average molecular weight is 316 g/mol. The molecular formula is C14H16N6O3. The maximum atomic E-state index is 12.5. The number of aromatic nitrogens is 3. The molecule has 1 N–H and O–H groups in total. The third-order valence-electron chi connectivity index (χ3n) is 3.78. The molecule has 9 nitrogen and oxygen atoms in total. The zero-order valence-corrected chi connectivity index (χ0v) is 12.5. The molecule has 23 heavy (non-hydrogen) atoms. The topological polar surface area (TPSA) is 106 Å². The Balaban J connectivity index is 1.84. The number of hydrogen-bond donors (Lipinski definition) is 1. The highest BCUT2D eigenvalue weighted by atomic mass is 16.6. The van der Waals surface area contributed by atoms with Crippen LogP contribution in [-0.2, 0) is 0 Å². The van der Waals surface area contributed by atoms with Gasteiger partial charge in [-0.15, -0.1) is 5.10 Å². The molecule has 1 aromatic carbocycles. The van der Waals surface area contributed by atoms with E-state index in [0.717, 1.165) is 13.1 Å². The van der Waals surface area contributed by atoms with Gasteiger partial charge >= 0.3 is 0 Å². The Morgan fingerprint density at radius 3 is 3.04 bits per heavy atom. The van der Waals surface area contributed by atoms with E-state index in [1.165, 1.54) is 23.0 Å². The van der Waals surface area contributed by atoms with Crippen LogP contribution in [-0.4, -0.2) is 56.4 Å². The minimum Gasteiger partial charge on any atom is -0.332 e. The maximum absolute atomic E-state index is 12.5. The number of amides is 1. The van der Waals surface area contributed by atoms with Gasteiger partial charge < -0.3 is 10.2 Å². The van der Waals surface area contributed by atoms with E-state index in [9.17, 15) is 14.9 Å². The number of carbonyl (C=O) groups is 1. The molecule has 0 unspecified atom stereocenters. The molecule has 0 spiro atoms. The van der Waals surface area contributed by atoms with Crippen molar-refractivity contribution in [1.82, 2.24) is 25.2 Å². The van der Waals surface area contributed by atoms with Gasteiger partial charge in [0.05, 0.1) is 16.8 Å². The number of non-ortho nitro benzene ring substituents is 1. The van der Waals surface area contributed by atoms with Crippen molar-refractivity contribution < 1.29 is 9.72 Å². The number of piperazine rings is 1. The molecule has 0 radical (unpaired) electrons. The van der Waals surface area contributed by atoms with Crippen LogP contribution in [0.15, 0.2) is 30.5 Å². The normalized spacial score (nSPS) is 18.0. The lowest BCUT2D eigenvalue weighted by atomic mass is 10.2. The van der Waals surface area contributed by atoms with Gasteiger partial charge in [0, 0.05) is 37.8 Å². The van der Waals surface area contributed by atoms with Crippen LogP contribution in [0, 0.1) is 10.1 Å². The van der Waals surface area contributed by atoms with Gasteiger partial charge in [0.1, 0.15) is 0 Å². The lowest BCUT2D eigenvalue weighted by Crippen LogP contribution is -2.52.